The van der Waals surface area contributed by atoms with Crippen LogP contribution < -0.4 is 0 Å². The Morgan fingerprint density at radius 3 is 2.76 bits per heavy atom. The molecule has 4 rings (SSSR count). The van der Waals surface area contributed by atoms with Crippen molar-refractivity contribution < 1.29 is 9.18 Å². The van der Waals surface area contributed by atoms with Crippen molar-refractivity contribution in [2.24, 2.45) is 0 Å². The van der Waals surface area contributed by atoms with E-state index in [1.807, 2.05) is 4.90 Å². The largest absolute Gasteiger partial charge is 0.332 e. The first-order chi connectivity index (χ1) is 12.2. The summed E-state index contributed by atoms with van der Waals surface area (Å²) in [5.74, 6) is 1.81. The minimum absolute atomic E-state index is 0.0206. The van der Waals surface area contributed by atoms with Gasteiger partial charge in [-0.2, -0.15) is 0 Å². The zero-order valence-electron chi connectivity index (χ0n) is 14.3. The number of aromatic nitrogens is 3. The van der Waals surface area contributed by atoms with Gasteiger partial charge in [0.05, 0.1) is 12.5 Å². The molecule has 132 valence electrons. The standard InChI is InChI=1S/C19H23FN4O/c20-15-9-7-14(8-10-15)13-18(25)23-12-4-5-16(23)19-22-21-17-6-2-1-3-11-24(17)19/h7-10,16H,1-6,11-13H2/t16-/m0/s1. The molecule has 2 aliphatic heterocycles. The number of halogens is 1. The van der Waals surface area contributed by atoms with Crippen LogP contribution in [-0.2, 0) is 24.2 Å². The Morgan fingerprint density at radius 1 is 1.08 bits per heavy atom. The number of amides is 1. The van der Waals surface area contributed by atoms with Gasteiger partial charge in [0.15, 0.2) is 5.82 Å². The van der Waals surface area contributed by atoms with Gasteiger partial charge in [0.25, 0.3) is 0 Å². The molecule has 1 saturated heterocycles. The lowest BCUT2D eigenvalue weighted by Gasteiger charge is -2.25. The first-order valence-electron chi connectivity index (χ1n) is 9.18. The second-order valence-electron chi connectivity index (χ2n) is 6.99. The van der Waals surface area contributed by atoms with Crippen LogP contribution in [0.5, 0.6) is 0 Å². The van der Waals surface area contributed by atoms with E-state index in [-0.39, 0.29) is 17.8 Å². The molecular weight excluding hydrogens is 319 g/mol. The van der Waals surface area contributed by atoms with E-state index in [2.05, 4.69) is 14.8 Å². The van der Waals surface area contributed by atoms with Gasteiger partial charge in [0.2, 0.25) is 5.91 Å². The average Bonchev–Trinajstić information content (AvgIpc) is 3.18. The smallest absolute Gasteiger partial charge is 0.227 e. The van der Waals surface area contributed by atoms with Gasteiger partial charge < -0.3 is 9.47 Å². The first-order valence-corrected chi connectivity index (χ1v) is 9.18. The van der Waals surface area contributed by atoms with Crippen molar-refractivity contribution in [2.45, 2.75) is 57.5 Å². The Hall–Kier alpha value is -2.24. The van der Waals surface area contributed by atoms with Crippen molar-refractivity contribution in [1.82, 2.24) is 19.7 Å². The van der Waals surface area contributed by atoms with Crippen molar-refractivity contribution in [1.29, 1.82) is 0 Å². The fourth-order valence-electron chi connectivity index (χ4n) is 3.97. The van der Waals surface area contributed by atoms with Crippen molar-refractivity contribution in [3.05, 3.63) is 47.3 Å². The average molecular weight is 342 g/mol. The molecule has 0 spiro atoms. The Kier molecular flexibility index (Phi) is 4.51. The van der Waals surface area contributed by atoms with Crippen molar-refractivity contribution >= 4 is 5.91 Å². The molecule has 1 amide bonds. The third-order valence-electron chi connectivity index (χ3n) is 5.28. The third kappa shape index (κ3) is 3.30. The summed E-state index contributed by atoms with van der Waals surface area (Å²) in [6.07, 6.45) is 6.74. The van der Waals surface area contributed by atoms with Crippen LogP contribution in [0.2, 0.25) is 0 Å². The van der Waals surface area contributed by atoms with E-state index < -0.39 is 0 Å². The summed E-state index contributed by atoms with van der Waals surface area (Å²) in [5.41, 5.74) is 0.845. The molecule has 1 aromatic heterocycles. The van der Waals surface area contributed by atoms with Gasteiger partial charge in [0.1, 0.15) is 11.6 Å². The number of nitrogens with zero attached hydrogens (tertiary/aromatic N) is 4. The first kappa shape index (κ1) is 16.2. The Morgan fingerprint density at radius 2 is 1.92 bits per heavy atom. The monoisotopic (exact) mass is 342 g/mol. The normalized spacial score (nSPS) is 20.4. The molecule has 0 radical (unpaired) electrons. The highest BCUT2D eigenvalue weighted by Crippen LogP contribution is 2.32. The molecule has 25 heavy (non-hydrogen) atoms. The van der Waals surface area contributed by atoms with Crippen LogP contribution >= 0.6 is 0 Å². The van der Waals surface area contributed by atoms with Gasteiger partial charge in [-0.25, -0.2) is 4.39 Å². The van der Waals surface area contributed by atoms with E-state index in [1.165, 1.54) is 18.6 Å². The molecule has 0 aliphatic carbocycles. The zero-order valence-corrected chi connectivity index (χ0v) is 14.3. The summed E-state index contributed by atoms with van der Waals surface area (Å²) in [6, 6.07) is 6.20. The summed E-state index contributed by atoms with van der Waals surface area (Å²) in [6.45, 7) is 1.71. The highest BCUT2D eigenvalue weighted by Gasteiger charge is 2.34. The van der Waals surface area contributed by atoms with Gasteiger partial charge in [-0.05, 0) is 43.4 Å². The van der Waals surface area contributed by atoms with E-state index in [4.69, 9.17) is 0 Å². The maximum absolute atomic E-state index is 13.1. The second-order valence-corrected chi connectivity index (χ2v) is 6.99. The molecule has 1 aromatic carbocycles. The molecule has 1 fully saturated rings. The maximum atomic E-state index is 13.1. The second kappa shape index (κ2) is 6.94. The van der Waals surface area contributed by atoms with Crippen molar-refractivity contribution in [3.63, 3.8) is 0 Å². The molecule has 6 heteroatoms. The molecule has 2 aliphatic rings. The number of carbonyl (C=O) groups is 1. The van der Waals surface area contributed by atoms with Crippen LogP contribution in [-0.4, -0.2) is 32.1 Å². The molecule has 2 aromatic rings. The lowest BCUT2D eigenvalue weighted by molar-refractivity contribution is -0.131. The lowest BCUT2D eigenvalue weighted by Crippen LogP contribution is -2.33. The minimum Gasteiger partial charge on any atom is -0.332 e. The Balaban J connectivity index is 1.53. The van der Waals surface area contributed by atoms with Gasteiger partial charge in [-0.3, -0.25) is 4.79 Å². The highest BCUT2D eigenvalue weighted by molar-refractivity contribution is 5.79. The van der Waals surface area contributed by atoms with Crippen LogP contribution in [0.3, 0.4) is 0 Å². The molecule has 0 unspecified atom stereocenters. The molecule has 0 saturated carbocycles. The molecule has 3 heterocycles. The number of hydrogen-bond acceptors (Lipinski definition) is 3. The Bertz CT molecular complexity index is 755. The topological polar surface area (TPSA) is 51.0 Å². The maximum Gasteiger partial charge on any atom is 0.227 e. The van der Waals surface area contributed by atoms with Crippen LogP contribution in [0.1, 0.15) is 55.4 Å². The number of fused-ring (bicyclic) bond motifs is 1. The minimum atomic E-state index is -0.276. The number of carbonyl (C=O) groups excluding carboxylic acids is 1. The summed E-state index contributed by atoms with van der Waals surface area (Å²) in [4.78, 5) is 14.8. The fraction of sp³-hybridized carbons (Fsp3) is 0.526. The highest BCUT2D eigenvalue weighted by atomic mass is 19.1. The summed E-state index contributed by atoms with van der Waals surface area (Å²) >= 11 is 0. The third-order valence-corrected chi connectivity index (χ3v) is 5.28. The van der Waals surface area contributed by atoms with Gasteiger partial charge in [-0.15, -0.1) is 10.2 Å². The van der Waals surface area contributed by atoms with Crippen LogP contribution in [0, 0.1) is 5.82 Å². The summed E-state index contributed by atoms with van der Waals surface area (Å²) in [5, 5.41) is 8.82. The van der Waals surface area contributed by atoms with E-state index in [0.29, 0.717) is 6.42 Å². The number of benzene rings is 1. The molecule has 5 nitrogen and oxygen atoms in total. The fourth-order valence-corrected chi connectivity index (χ4v) is 3.97. The number of rotatable bonds is 3. The molecular formula is C19H23FN4O. The van der Waals surface area contributed by atoms with Gasteiger partial charge >= 0.3 is 0 Å². The van der Waals surface area contributed by atoms with Crippen molar-refractivity contribution in [2.75, 3.05) is 6.54 Å². The quantitative estimate of drug-likeness (QED) is 0.861. The summed E-state index contributed by atoms with van der Waals surface area (Å²) < 4.78 is 15.3. The number of likely N-dealkylation sites (tertiary alicyclic amines) is 1. The number of aryl methyl sites for hydroxylation is 1. The SMILES string of the molecule is O=C(Cc1ccc(F)cc1)N1CCC[C@H]1c1nnc2n1CCCCC2. The van der Waals surface area contributed by atoms with Crippen LogP contribution in [0.25, 0.3) is 0 Å². The van der Waals surface area contributed by atoms with Gasteiger partial charge in [0, 0.05) is 19.5 Å². The van der Waals surface area contributed by atoms with E-state index in [0.717, 1.165) is 62.4 Å². The van der Waals surface area contributed by atoms with E-state index in [1.54, 1.807) is 12.1 Å². The predicted molar refractivity (Wildman–Crippen MR) is 91.4 cm³/mol. The van der Waals surface area contributed by atoms with Crippen molar-refractivity contribution in [3.8, 4) is 0 Å². The molecule has 0 N–H and O–H groups in total. The molecule has 1 atom stereocenters. The van der Waals surface area contributed by atoms with E-state index >= 15 is 0 Å². The van der Waals surface area contributed by atoms with Crippen LogP contribution in [0.15, 0.2) is 24.3 Å². The zero-order chi connectivity index (χ0) is 17.2. The van der Waals surface area contributed by atoms with E-state index in [9.17, 15) is 9.18 Å². The van der Waals surface area contributed by atoms with Gasteiger partial charge in [-0.1, -0.05) is 18.6 Å². The molecule has 0 bridgehead atoms. The summed E-state index contributed by atoms with van der Waals surface area (Å²) in [7, 11) is 0. The number of hydrogen-bond donors (Lipinski definition) is 0. The predicted octanol–water partition coefficient (Wildman–Crippen LogP) is 3.05. The van der Waals surface area contributed by atoms with Crippen LogP contribution in [0.4, 0.5) is 4.39 Å². The Labute approximate surface area is 146 Å². The lowest BCUT2D eigenvalue weighted by atomic mass is 10.1.